The first kappa shape index (κ1) is 20.4. The zero-order valence-electron chi connectivity index (χ0n) is 17.8. The van der Waals surface area contributed by atoms with Crippen molar-refractivity contribution >= 4 is 22.9 Å². The van der Waals surface area contributed by atoms with Crippen LogP contribution in [0.25, 0.3) is 11.3 Å². The van der Waals surface area contributed by atoms with E-state index in [4.69, 9.17) is 0 Å². The smallest absolute Gasteiger partial charge is 0.270 e. The summed E-state index contributed by atoms with van der Waals surface area (Å²) in [5.41, 5.74) is 3.99. The third-order valence-electron chi connectivity index (χ3n) is 5.32. The molecular weight excluding hydrogens is 416 g/mol. The normalized spacial score (nSPS) is 11.0. The number of nitrogens with one attached hydrogen (secondary N) is 2. The highest BCUT2D eigenvalue weighted by molar-refractivity contribution is 5.92. The Morgan fingerprint density at radius 2 is 1.76 bits per heavy atom. The van der Waals surface area contributed by atoms with Crippen LogP contribution >= 0.6 is 0 Å². The lowest BCUT2D eigenvalue weighted by Gasteiger charge is -2.07. The lowest BCUT2D eigenvalue weighted by molar-refractivity contribution is 0.0945. The van der Waals surface area contributed by atoms with Gasteiger partial charge in [-0.2, -0.15) is 0 Å². The number of hydrogen-bond acceptors (Lipinski definition) is 5. The van der Waals surface area contributed by atoms with Crippen molar-refractivity contribution in [2.75, 3.05) is 11.9 Å². The number of pyridine rings is 2. The summed E-state index contributed by atoms with van der Waals surface area (Å²) in [5, 5.41) is 6.22. The highest BCUT2D eigenvalue weighted by Crippen LogP contribution is 2.12. The fourth-order valence-corrected chi connectivity index (χ4v) is 3.66. The number of carbonyl (C=O) groups excluding carboxylic acids is 1. The number of benzene rings is 1. The van der Waals surface area contributed by atoms with E-state index in [9.17, 15) is 9.59 Å². The topological polar surface area (TPSA) is 92.8 Å². The molecule has 0 spiro atoms. The first-order valence-electron chi connectivity index (χ1n) is 10.7. The van der Waals surface area contributed by atoms with Gasteiger partial charge in [0.25, 0.3) is 11.5 Å². The summed E-state index contributed by atoms with van der Waals surface area (Å²) in [7, 11) is 0. The van der Waals surface area contributed by atoms with Crippen molar-refractivity contribution in [2.45, 2.75) is 13.0 Å². The molecule has 1 amide bonds. The molecule has 33 heavy (non-hydrogen) atoms. The van der Waals surface area contributed by atoms with Crippen molar-refractivity contribution in [3.63, 3.8) is 0 Å². The van der Waals surface area contributed by atoms with E-state index in [0.717, 1.165) is 24.3 Å². The Balaban J connectivity index is 1.23. The molecule has 1 aromatic carbocycles. The number of carbonyl (C=O) groups is 1. The fraction of sp³-hybridized carbons (Fsp3) is 0.120. The van der Waals surface area contributed by atoms with Crippen LogP contribution in [0.2, 0.25) is 0 Å². The lowest BCUT2D eigenvalue weighted by Crippen LogP contribution is -2.27. The maximum absolute atomic E-state index is 12.6. The first-order chi connectivity index (χ1) is 16.2. The highest BCUT2D eigenvalue weighted by atomic mass is 16.2. The standard InChI is InChI=1S/C25H22N6O2/c32-24-14-21(29-23-8-4-5-13-31(23)24)25(33)27-15-20-17-30-16-19(9-10-22(30)28-20)26-12-11-18-6-2-1-3-7-18/h1-10,13-14,16-17,26H,11-12,15H2,(H,27,33). The van der Waals surface area contributed by atoms with Gasteiger partial charge in [-0.15, -0.1) is 0 Å². The average molecular weight is 438 g/mol. The molecule has 0 saturated heterocycles. The number of hydrogen-bond donors (Lipinski definition) is 2. The van der Waals surface area contributed by atoms with Gasteiger partial charge in [0.1, 0.15) is 17.0 Å². The number of rotatable bonds is 7. The van der Waals surface area contributed by atoms with E-state index in [1.165, 1.54) is 16.0 Å². The van der Waals surface area contributed by atoms with Crippen LogP contribution in [0.4, 0.5) is 5.69 Å². The van der Waals surface area contributed by atoms with Gasteiger partial charge in [-0.25, -0.2) is 9.97 Å². The van der Waals surface area contributed by atoms with Crippen LogP contribution in [0.1, 0.15) is 21.7 Å². The summed E-state index contributed by atoms with van der Waals surface area (Å²) >= 11 is 0. The number of aromatic nitrogens is 4. The third-order valence-corrected chi connectivity index (χ3v) is 5.32. The van der Waals surface area contributed by atoms with Crippen LogP contribution in [-0.2, 0) is 13.0 Å². The number of amides is 1. The molecule has 4 aromatic heterocycles. The Kier molecular flexibility index (Phi) is 5.55. The van der Waals surface area contributed by atoms with Gasteiger partial charge in [-0.3, -0.25) is 14.0 Å². The second kappa shape index (κ2) is 8.96. The minimum atomic E-state index is -0.418. The van der Waals surface area contributed by atoms with Gasteiger partial charge in [-0.05, 0) is 36.2 Å². The average Bonchev–Trinajstić information content (AvgIpc) is 3.25. The zero-order chi connectivity index (χ0) is 22.6. The molecule has 0 saturated carbocycles. The van der Waals surface area contributed by atoms with Crippen molar-refractivity contribution in [1.82, 2.24) is 24.1 Å². The zero-order valence-corrected chi connectivity index (χ0v) is 17.8. The number of fused-ring (bicyclic) bond motifs is 2. The van der Waals surface area contributed by atoms with Gasteiger partial charge in [-0.1, -0.05) is 36.4 Å². The van der Waals surface area contributed by atoms with Gasteiger partial charge in [0.15, 0.2) is 0 Å². The van der Waals surface area contributed by atoms with Crippen LogP contribution < -0.4 is 16.2 Å². The molecule has 0 aliphatic carbocycles. The quantitative estimate of drug-likeness (QED) is 0.408. The molecule has 164 valence electrons. The van der Waals surface area contributed by atoms with Crippen molar-refractivity contribution in [3.05, 3.63) is 113 Å². The maximum Gasteiger partial charge on any atom is 0.270 e. The molecule has 0 atom stereocenters. The molecule has 4 heterocycles. The van der Waals surface area contributed by atoms with Crippen molar-refractivity contribution < 1.29 is 4.79 Å². The van der Waals surface area contributed by atoms with Gasteiger partial charge in [0.05, 0.1) is 17.9 Å². The molecule has 2 N–H and O–H groups in total. The molecule has 5 rings (SSSR count). The van der Waals surface area contributed by atoms with Crippen molar-refractivity contribution in [1.29, 1.82) is 0 Å². The summed E-state index contributed by atoms with van der Waals surface area (Å²) in [6.45, 7) is 1.05. The predicted molar refractivity (Wildman–Crippen MR) is 126 cm³/mol. The Labute approximate surface area is 189 Å². The molecule has 0 aliphatic heterocycles. The Bertz CT molecular complexity index is 1490. The number of nitrogens with zero attached hydrogens (tertiary/aromatic N) is 4. The Hall–Kier alpha value is -4.46. The largest absolute Gasteiger partial charge is 0.384 e. The van der Waals surface area contributed by atoms with Crippen LogP contribution in [0, 0.1) is 0 Å². The summed E-state index contributed by atoms with van der Waals surface area (Å²) in [6.07, 6.45) is 6.41. The summed E-state index contributed by atoms with van der Waals surface area (Å²) in [5.74, 6) is -0.418. The molecule has 0 radical (unpaired) electrons. The fourth-order valence-electron chi connectivity index (χ4n) is 3.66. The van der Waals surface area contributed by atoms with Crippen molar-refractivity contribution in [2.24, 2.45) is 0 Å². The van der Waals surface area contributed by atoms with E-state index in [-0.39, 0.29) is 17.8 Å². The maximum atomic E-state index is 12.6. The second-order valence-corrected chi connectivity index (χ2v) is 7.67. The first-order valence-corrected chi connectivity index (χ1v) is 10.7. The van der Waals surface area contributed by atoms with Crippen LogP contribution in [0.5, 0.6) is 0 Å². The molecule has 0 aliphatic rings. The van der Waals surface area contributed by atoms with Gasteiger partial charge in [0, 0.05) is 31.2 Å². The number of anilines is 1. The predicted octanol–water partition coefficient (Wildman–Crippen LogP) is 2.93. The van der Waals surface area contributed by atoms with E-state index in [0.29, 0.717) is 11.3 Å². The summed E-state index contributed by atoms with van der Waals surface area (Å²) < 4.78 is 3.32. The van der Waals surface area contributed by atoms with Gasteiger partial charge in [0.2, 0.25) is 0 Å². The third kappa shape index (κ3) is 4.59. The molecular formula is C25H22N6O2. The second-order valence-electron chi connectivity index (χ2n) is 7.67. The Morgan fingerprint density at radius 3 is 2.64 bits per heavy atom. The number of imidazole rings is 1. The minimum Gasteiger partial charge on any atom is -0.384 e. The highest BCUT2D eigenvalue weighted by Gasteiger charge is 2.11. The van der Waals surface area contributed by atoms with Gasteiger partial charge >= 0.3 is 0 Å². The van der Waals surface area contributed by atoms with Crippen LogP contribution in [0.3, 0.4) is 0 Å². The summed E-state index contributed by atoms with van der Waals surface area (Å²) in [4.78, 5) is 33.6. The van der Waals surface area contributed by atoms with E-state index in [1.807, 2.05) is 47.1 Å². The monoisotopic (exact) mass is 438 g/mol. The van der Waals surface area contributed by atoms with Gasteiger partial charge < -0.3 is 15.0 Å². The van der Waals surface area contributed by atoms with E-state index < -0.39 is 5.91 Å². The SMILES string of the molecule is O=C(NCc1cn2cc(NCCc3ccccc3)ccc2n1)c1cc(=O)n2ccccc2n1. The van der Waals surface area contributed by atoms with Crippen LogP contribution in [0.15, 0.2) is 90.1 Å². The molecule has 8 nitrogen and oxygen atoms in total. The minimum absolute atomic E-state index is 0.0832. The van der Waals surface area contributed by atoms with Crippen molar-refractivity contribution in [3.8, 4) is 0 Å². The summed E-state index contributed by atoms with van der Waals surface area (Å²) in [6, 6.07) is 20.7. The van der Waals surface area contributed by atoms with Crippen LogP contribution in [-0.4, -0.2) is 31.2 Å². The molecule has 5 aromatic rings. The van der Waals surface area contributed by atoms with E-state index in [2.05, 4.69) is 32.7 Å². The molecule has 0 fully saturated rings. The molecule has 0 bridgehead atoms. The Morgan fingerprint density at radius 1 is 0.909 bits per heavy atom. The molecule has 0 unspecified atom stereocenters. The molecule has 8 heteroatoms. The van der Waals surface area contributed by atoms with E-state index in [1.54, 1.807) is 24.4 Å². The lowest BCUT2D eigenvalue weighted by atomic mass is 10.1. The van der Waals surface area contributed by atoms with E-state index >= 15 is 0 Å².